The van der Waals surface area contributed by atoms with Crippen molar-refractivity contribution in [1.82, 2.24) is 0 Å². The van der Waals surface area contributed by atoms with Crippen molar-refractivity contribution in [3.05, 3.63) is 64.2 Å². The second-order valence-electron chi connectivity index (χ2n) is 4.01. The molecule has 6 heteroatoms. The van der Waals surface area contributed by atoms with E-state index < -0.39 is 11.6 Å². The summed E-state index contributed by atoms with van der Waals surface area (Å²) in [5.41, 5.74) is 6.14. The molecule has 2 nitrogen and oxygen atoms in total. The molecule has 0 heterocycles. The van der Waals surface area contributed by atoms with Crippen LogP contribution in [0.2, 0.25) is 5.02 Å². The summed E-state index contributed by atoms with van der Waals surface area (Å²) in [6, 6.07) is 8.66. The zero-order valence-corrected chi connectivity index (χ0v) is 11.8. The lowest BCUT2D eigenvalue weighted by molar-refractivity contribution is 0.297. The predicted molar refractivity (Wildman–Crippen MR) is 78.0 cm³/mol. The van der Waals surface area contributed by atoms with Crippen LogP contribution in [0.5, 0.6) is 5.75 Å². The van der Waals surface area contributed by atoms with Gasteiger partial charge in [0.1, 0.15) is 17.3 Å². The quantitative estimate of drug-likeness (QED) is 0.871. The fraction of sp³-hybridized carbons (Fsp3) is 0.0714. The van der Waals surface area contributed by atoms with E-state index in [0.29, 0.717) is 16.3 Å². The molecule has 0 saturated heterocycles. The molecule has 0 amide bonds. The first-order chi connectivity index (χ1) is 9.49. The van der Waals surface area contributed by atoms with Crippen molar-refractivity contribution in [3.8, 4) is 5.75 Å². The fourth-order valence-corrected chi connectivity index (χ4v) is 2.11. The second kappa shape index (κ2) is 6.15. The lowest BCUT2D eigenvalue weighted by atomic mass is 10.2. The monoisotopic (exact) mass is 313 g/mol. The van der Waals surface area contributed by atoms with Crippen molar-refractivity contribution < 1.29 is 13.5 Å². The lowest BCUT2D eigenvalue weighted by Gasteiger charge is -2.09. The molecule has 0 spiro atoms. The Morgan fingerprint density at radius 3 is 2.65 bits per heavy atom. The maximum Gasteiger partial charge on any atom is 0.165 e. The summed E-state index contributed by atoms with van der Waals surface area (Å²) >= 11 is 10.8. The SMILES string of the molecule is NC(=S)c1ccc(OCc2cccc(F)c2F)cc1Cl. The van der Waals surface area contributed by atoms with Crippen molar-refractivity contribution in [1.29, 1.82) is 0 Å². The van der Waals surface area contributed by atoms with E-state index in [1.165, 1.54) is 18.2 Å². The van der Waals surface area contributed by atoms with Gasteiger partial charge in [-0.3, -0.25) is 0 Å². The molecule has 0 aromatic heterocycles. The molecule has 104 valence electrons. The van der Waals surface area contributed by atoms with Gasteiger partial charge in [-0.15, -0.1) is 0 Å². The van der Waals surface area contributed by atoms with Crippen LogP contribution in [0, 0.1) is 11.6 Å². The Hall–Kier alpha value is -1.72. The molecule has 0 unspecified atom stereocenters. The zero-order chi connectivity index (χ0) is 14.7. The van der Waals surface area contributed by atoms with Gasteiger partial charge in [0, 0.05) is 11.1 Å². The van der Waals surface area contributed by atoms with Crippen LogP contribution in [0.3, 0.4) is 0 Å². The van der Waals surface area contributed by atoms with E-state index in [1.807, 2.05) is 0 Å². The van der Waals surface area contributed by atoms with E-state index in [4.69, 9.17) is 34.3 Å². The highest BCUT2D eigenvalue weighted by atomic mass is 35.5. The second-order valence-corrected chi connectivity index (χ2v) is 4.85. The van der Waals surface area contributed by atoms with Crippen LogP contribution in [-0.2, 0) is 6.61 Å². The summed E-state index contributed by atoms with van der Waals surface area (Å²) in [4.78, 5) is 0.178. The van der Waals surface area contributed by atoms with Gasteiger partial charge in [-0.25, -0.2) is 8.78 Å². The van der Waals surface area contributed by atoms with Crippen LogP contribution >= 0.6 is 23.8 Å². The molecular formula is C14H10ClF2NOS. The van der Waals surface area contributed by atoms with Gasteiger partial charge in [0.15, 0.2) is 11.6 Å². The average Bonchev–Trinajstić information content (AvgIpc) is 2.40. The first-order valence-corrected chi connectivity index (χ1v) is 6.42. The smallest absolute Gasteiger partial charge is 0.165 e. The Morgan fingerprint density at radius 2 is 2.00 bits per heavy atom. The van der Waals surface area contributed by atoms with Gasteiger partial charge >= 0.3 is 0 Å². The topological polar surface area (TPSA) is 35.2 Å². The third-order valence-electron chi connectivity index (χ3n) is 2.63. The molecule has 2 rings (SSSR count). The summed E-state index contributed by atoms with van der Waals surface area (Å²) in [5, 5.41) is 0.342. The minimum absolute atomic E-state index is 0.105. The molecule has 0 radical (unpaired) electrons. The first kappa shape index (κ1) is 14.7. The van der Waals surface area contributed by atoms with Crippen molar-refractivity contribution in [2.75, 3.05) is 0 Å². The molecule has 0 atom stereocenters. The standard InChI is InChI=1S/C14H10ClF2NOS/c15-11-6-9(4-5-10(11)14(18)20)19-7-8-2-1-3-12(16)13(8)17/h1-6H,7H2,(H2,18,20). The third-order valence-corrected chi connectivity index (χ3v) is 3.16. The van der Waals surface area contributed by atoms with Gasteiger partial charge in [-0.05, 0) is 24.3 Å². The van der Waals surface area contributed by atoms with Crippen LogP contribution in [0.25, 0.3) is 0 Å². The molecule has 2 aromatic rings. The molecule has 0 bridgehead atoms. The third kappa shape index (κ3) is 3.23. The molecule has 2 aromatic carbocycles. The summed E-state index contributed by atoms with van der Waals surface area (Å²) in [5.74, 6) is -1.41. The molecule has 0 saturated carbocycles. The molecule has 0 aliphatic carbocycles. The number of halogens is 3. The Labute approximate surface area is 125 Å². The van der Waals surface area contributed by atoms with Crippen LogP contribution in [0.4, 0.5) is 8.78 Å². The number of nitrogens with two attached hydrogens (primary N) is 1. The molecule has 0 aliphatic heterocycles. The van der Waals surface area contributed by atoms with Crippen molar-refractivity contribution in [3.63, 3.8) is 0 Å². The highest BCUT2D eigenvalue weighted by molar-refractivity contribution is 7.80. The largest absolute Gasteiger partial charge is 0.489 e. The Kier molecular flexibility index (Phi) is 4.52. The number of ether oxygens (including phenoxy) is 1. The van der Waals surface area contributed by atoms with Crippen LogP contribution < -0.4 is 10.5 Å². The Morgan fingerprint density at radius 1 is 1.25 bits per heavy atom. The van der Waals surface area contributed by atoms with Gasteiger partial charge in [0.2, 0.25) is 0 Å². The molecule has 2 N–H and O–H groups in total. The number of hydrogen-bond donors (Lipinski definition) is 1. The lowest BCUT2D eigenvalue weighted by Crippen LogP contribution is -2.10. The van der Waals surface area contributed by atoms with Crippen molar-refractivity contribution in [2.24, 2.45) is 5.73 Å². The van der Waals surface area contributed by atoms with Gasteiger partial charge < -0.3 is 10.5 Å². The average molecular weight is 314 g/mol. The maximum atomic E-state index is 13.4. The normalized spacial score (nSPS) is 10.3. The first-order valence-electron chi connectivity index (χ1n) is 5.64. The van der Waals surface area contributed by atoms with E-state index in [-0.39, 0.29) is 17.2 Å². The number of hydrogen-bond acceptors (Lipinski definition) is 2. The highest BCUT2D eigenvalue weighted by Gasteiger charge is 2.09. The summed E-state index contributed by atoms with van der Waals surface area (Å²) in [6.45, 7) is -0.105. The highest BCUT2D eigenvalue weighted by Crippen LogP contribution is 2.23. The van der Waals surface area contributed by atoms with Gasteiger partial charge in [-0.2, -0.15) is 0 Å². The fourth-order valence-electron chi connectivity index (χ4n) is 1.61. The van der Waals surface area contributed by atoms with Gasteiger partial charge in [0.25, 0.3) is 0 Å². The molecular weight excluding hydrogens is 304 g/mol. The van der Waals surface area contributed by atoms with Crippen molar-refractivity contribution in [2.45, 2.75) is 6.61 Å². The Balaban J connectivity index is 2.13. The minimum Gasteiger partial charge on any atom is -0.489 e. The van der Waals surface area contributed by atoms with Crippen LogP contribution in [0.15, 0.2) is 36.4 Å². The molecule has 20 heavy (non-hydrogen) atoms. The molecule has 0 aliphatic rings. The van der Waals surface area contributed by atoms with E-state index in [0.717, 1.165) is 6.07 Å². The number of thiocarbonyl (C=S) groups is 1. The number of benzene rings is 2. The molecule has 0 fully saturated rings. The van der Waals surface area contributed by atoms with Crippen LogP contribution in [0.1, 0.15) is 11.1 Å². The Bertz CT molecular complexity index is 664. The zero-order valence-electron chi connectivity index (χ0n) is 10.2. The van der Waals surface area contributed by atoms with E-state index >= 15 is 0 Å². The van der Waals surface area contributed by atoms with Gasteiger partial charge in [0.05, 0.1) is 5.02 Å². The van der Waals surface area contributed by atoms with E-state index in [9.17, 15) is 8.78 Å². The van der Waals surface area contributed by atoms with E-state index in [1.54, 1.807) is 12.1 Å². The summed E-state index contributed by atoms with van der Waals surface area (Å²) in [7, 11) is 0. The predicted octanol–water partition coefficient (Wildman–Crippen LogP) is 3.83. The van der Waals surface area contributed by atoms with Crippen molar-refractivity contribution >= 4 is 28.8 Å². The summed E-state index contributed by atoms with van der Waals surface area (Å²) < 4.78 is 31.8. The van der Waals surface area contributed by atoms with Gasteiger partial charge in [-0.1, -0.05) is 36.0 Å². The van der Waals surface area contributed by atoms with Crippen LogP contribution in [-0.4, -0.2) is 4.99 Å². The maximum absolute atomic E-state index is 13.4. The summed E-state index contributed by atoms with van der Waals surface area (Å²) in [6.07, 6.45) is 0. The minimum atomic E-state index is -0.918. The van der Waals surface area contributed by atoms with E-state index in [2.05, 4.69) is 0 Å². The number of rotatable bonds is 4.